The lowest BCUT2D eigenvalue weighted by Gasteiger charge is -2.21. The van der Waals surface area contributed by atoms with Gasteiger partial charge in [0.1, 0.15) is 0 Å². The maximum absolute atomic E-state index is 11.8. The molecule has 6 heteroatoms. The van der Waals surface area contributed by atoms with Gasteiger partial charge in [-0.05, 0) is 37.5 Å². The summed E-state index contributed by atoms with van der Waals surface area (Å²) in [6, 6.07) is 8.20. The van der Waals surface area contributed by atoms with E-state index in [9.17, 15) is 4.79 Å². The van der Waals surface area contributed by atoms with Crippen LogP contribution in [-0.2, 0) is 11.3 Å². The number of hydrogen-bond donors (Lipinski definition) is 1. The van der Waals surface area contributed by atoms with Crippen LogP contribution in [0.1, 0.15) is 45.1 Å². The van der Waals surface area contributed by atoms with Gasteiger partial charge in [0.25, 0.3) is 0 Å². The maximum atomic E-state index is 11.8. The Morgan fingerprint density at radius 3 is 2.56 bits per heavy atom. The fraction of sp³-hybridized carbons (Fsp3) is 0.579. The Kier molecular flexibility index (Phi) is 9.85. The molecule has 1 aromatic carbocycles. The summed E-state index contributed by atoms with van der Waals surface area (Å²) in [5.74, 6) is 1.18. The molecule has 1 aliphatic rings. The number of hydrogen-bond acceptors (Lipinski definition) is 2. The van der Waals surface area contributed by atoms with Crippen molar-refractivity contribution in [3.8, 4) is 0 Å². The Morgan fingerprint density at radius 1 is 1.28 bits per heavy atom. The number of carbonyl (C=O) groups excluding carboxylic acids is 1. The van der Waals surface area contributed by atoms with E-state index >= 15 is 0 Å². The topological polar surface area (TPSA) is 47.9 Å². The predicted octanol–water partition coefficient (Wildman–Crippen LogP) is 3.63. The number of halogens is 1. The van der Waals surface area contributed by atoms with Crippen molar-refractivity contribution in [1.29, 1.82) is 0 Å². The van der Waals surface area contributed by atoms with E-state index in [1.54, 1.807) is 0 Å². The van der Waals surface area contributed by atoms with Crippen LogP contribution in [0.3, 0.4) is 0 Å². The second kappa shape index (κ2) is 11.3. The summed E-state index contributed by atoms with van der Waals surface area (Å²) < 4.78 is 0. The molecule has 140 valence electrons. The second-order valence-corrected chi connectivity index (χ2v) is 6.26. The summed E-state index contributed by atoms with van der Waals surface area (Å²) in [6.07, 6.45) is 3.98. The SMILES string of the molecule is CCCCN(C)C(=NCc1ccc(N2CCCC2=O)cc1)NCC.I. The molecular formula is C19H31IN4O. The molecule has 1 fully saturated rings. The zero-order chi connectivity index (χ0) is 17.4. The van der Waals surface area contributed by atoms with Gasteiger partial charge in [-0.2, -0.15) is 0 Å². The molecule has 1 amide bonds. The zero-order valence-electron chi connectivity index (χ0n) is 15.6. The number of aliphatic imine (C=N–C) groups is 1. The van der Waals surface area contributed by atoms with E-state index in [1.165, 1.54) is 12.8 Å². The summed E-state index contributed by atoms with van der Waals surface area (Å²) in [7, 11) is 2.08. The number of guanidine groups is 1. The van der Waals surface area contributed by atoms with Gasteiger partial charge in [-0.3, -0.25) is 4.79 Å². The van der Waals surface area contributed by atoms with Crippen LogP contribution in [0.2, 0.25) is 0 Å². The largest absolute Gasteiger partial charge is 0.357 e. The molecular weight excluding hydrogens is 427 g/mol. The first-order valence-electron chi connectivity index (χ1n) is 9.04. The van der Waals surface area contributed by atoms with Gasteiger partial charge in [-0.1, -0.05) is 25.5 Å². The van der Waals surface area contributed by atoms with Crippen molar-refractivity contribution in [2.45, 2.75) is 46.1 Å². The highest BCUT2D eigenvalue weighted by atomic mass is 127. The highest BCUT2D eigenvalue weighted by molar-refractivity contribution is 14.0. The number of amides is 1. The molecule has 0 aliphatic carbocycles. The molecule has 25 heavy (non-hydrogen) atoms. The fourth-order valence-electron chi connectivity index (χ4n) is 2.84. The number of nitrogens with one attached hydrogen (secondary N) is 1. The minimum absolute atomic E-state index is 0. The molecule has 5 nitrogen and oxygen atoms in total. The Morgan fingerprint density at radius 2 is 2.00 bits per heavy atom. The number of benzene rings is 1. The van der Waals surface area contributed by atoms with E-state index in [0.717, 1.165) is 43.3 Å². The fourth-order valence-corrected chi connectivity index (χ4v) is 2.84. The molecule has 0 unspecified atom stereocenters. The molecule has 2 rings (SSSR count). The van der Waals surface area contributed by atoms with Crippen molar-refractivity contribution < 1.29 is 4.79 Å². The van der Waals surface area contributed by atoms with Gasteiger partial charge in [0.2, 0.25) is 5.91 Å². The van der Waals surface area contributed by atoms with Crippen molar-refractivity contribution in [2.24, 2.45) is 4.99 Å². The lowest BCUT2D eigenvalue weighted by molar-refractivity contribution is -0.117. The van der Waals surface area contributed by atoms with E-state index in [0.29, 0.717) is 13.0 Å². The first kappa shape index (κ1) is 21.7. The summed E-state index contributed by atoms with van der Waals surface area (Å²) in [5, 5.41) is 3.35. The standard InChI is InChI=1S/C19H30N4O.HI/c1-4-6-13-22(3)19(20-5-2)21-15-16-9-11-17(12-10-16)23-14-7-8-18(23)24;/h9-12H,4-8,13-15H2,1-3H3,(H,20,21);1H. The molecule has 1 saturated heterocycles. The van der Waals surface area contributed by atoms with E-state index in [-0.39, 0.29) is 29.9 Å². The monoisotopic (exact) mass is 458 g/mol. The van der Waals surface area contributed by atoms with Crippen molar-refractivity contribution in [1.82, 2.24) is 10.2 Å². The Labute approximate surface area is 168 Å². The van der Waals surface area contributed by atoms with E-state index < -0.39 is 0 Å². The average molecular weight is 458 g/mol. The Hall–Kier alpha value is -1.31. The van der Waals surface area contributed by atoms with Crippen LogP contribution in [0.5, 0.6) is 0 Å². The third kappa shape index (κ3) is 6.49. The summed E-state index contributed by atoms with van der Waals surface area (Å²) >= 11 is 0. The Bertz CT molecular complexity index is 559. The number of anilines is 1. The van der Waals surface area contributed by atoms with Gasteiger partial charge in [0.15, 0.2) is 5.96 Å². The van der Waals surface area contributed by atoms with Crippen LogP contribution in [0, 0.1) is 0 Å². The molecule has 1 N–H and O–H groups in total. The summed E-state index contributed by atoms with van der Waals surface area (Å²) in [6.45, 7) is 7.65. The minimum Gasteiger partial charge on any atom is -0.357 e. The van der Waals surface area contributed by atoms with Gasteiger partial charge in [-0.15, -0.1) is 24.0 Å². The van der Waals surface area contributed by atoms with Gasteiger partial charge < -0.3 is 15.1 Å². The van der Waals surface area contributed by atoms with Crippen LogP contribution < -0.4 is 10.2 Å². The summed E-state index contributed by atoms with van der Waals surface area (Å²) in [4.78, 5) is 20.6. The molecule has 1 aliphatic heterocycles. The van der Waals surface area contributed by atoms with Crippen LogP contribution in [0.15, 0.2) is 29.3 Å². The molecule has 0 bridgehead atoms. The van der Waals surface area contributed by atoms with Gasteiger partial charge in [0, 0.05) is 38.8 Å². The van der Waals surface area contributed by atoms with Crippen LogP contribution >= 0.6 is 24.0 Å². The van der Waals surface area contributed by atoms with Gasteiger partial charge in [0.05, 0.1) is 6.54 Å². The van der Waals surface area contributed by atoms with Crippen LogP contribution in [0.25, 0.3) is 0 Å². The number of nitrogens with zero attached hydrogens (tertiary/aromatic N) is 3. The van der Waals surface area contributed by atoms with Gasteiger partial charge in [-0.25, -0.2) is 4.99 Å². The van der Waals surface area contributed by atoms with E-state index in [1.807, 2.05) is 17.0 Å². The zero-order valence-corrected chi connectivity index (χ0v) is 18.0. The van der Waals surface area contributed by atoms with Crippen molar-refractivity contribution in [2.75, 3.05) is 31.6 Å². The third-order valence-corrected chi connectivity index (χ3v) is 4.28. The Balaban J connectivity index is 0.00000312. The van der Waals surface area contributed by atoms with E-state index in [4.69, 9.17) is 4.99 Å². The highest BCUT2D eigenvalue weighted by Gasteiger charge is 2.21. The number of carbonyl (C=O) groups is 1. The number of unbranched alkanes of at least 4 members (excludes halogenated alkanes) is 1. The van der Waals surface area contributed by atoms with Crippen molar-refractivity contribution >= 4 is 41.5 Å². The summed E-state index contributed by atoms with van der Waals surface area (Å²) in [5.41, 5.74) is 2.15. The smallest absolute Gasteiger partial charge is 0.227 e. The van der Waals surface area contributed by atoms with E-state index in [2.05, 4.69) is 43.2 Å². The second-order valence-electron chi connectivity index (χ2n) is 6.26. The van der Waals surface area contributed by atoms with Gasteiger partial charge >= 0.3 is 0 Å². The average Bonchev–Trinajstić information content (AvgIpc) is 3.03. The predicted molar refractivity (Wildman–Crippen MR) is 116 cm³/mol. The van der Waals surface area contributed by atoms with Crippen molar-refractivity contribution in [3.63, 3.8) is 0 Å². The maximum Gasteiger partial charge on any atom is 0.227 e. The first-order valence-corrected chi connectivity index (χ1v) is 9.04. The molecule has 0 atom stereocenters. The quantitative estimate of drug-likeness (QED) is 0.386. The van der Waals surface area contributed by atoms with Crippen molar-refractivity contribution in [3.05, 3.63) is 29.8 Å². The minimum atomic E-state index is 0. The normalized spacial score (nSPS) is 14.4. The molecule has 1 aromatic rings. The molecule has 0 aromatic heterocycles. The highest BCUT2D eigenvalue weighted by Crippen LogP contribution is 2.21. The molecule has 0 saturated carbocycles. The van der Waals surface area contributed by atoms with Crippen LogP contribution in [0.4, 0.5) is 5.69 Å². The number of rotatable bonds is 7. The lowest BCUT2D eigenvalue weighted by Crippen LogP contribution is -2.39. The first-order chi connectivity index (χ1) is 11.7. The third-order valence-electron chi connectivity index (χ3n) is 4.28. The molecule has 0 radical (unpaired) electrons. The lowest BCUT2D eigenvalue weighted by atomic mass is 10.2. The molecule has 0 spiro atoms. The molecule has 1 heterocycles. The van der Waals surface area contributed by atoms with Crippen LogP contribution in [-0.4, -0.2) is 43.4 Å².